The molecule has 6 heteroatoms. The van der Waals surface area contributed by atoms with E-state index < -0.39 is 0 Å². The molecule has 142 valence electrons. The van der Waals surface area contributed by atoms with Crippen molar-refractivity contribution in [3.63, 3.8) is 0 Å². The van der Waals surface area contributed by atoms with Gasteiger partial charge in [-0.3, -0.25) is 0 Å². The van der Waals surface area contributed by atoms with Crippen molar-refractivity contribution in [2.24, 2.45) is 0 Å². The molecular formula is C22H20ClN3OS. The molecule has 2 aromatic heterocycles. The van der Waals surface area contributed by atoms with Crippen molar-refractivity contribution in [1.82, 2.24) is 4.98 Å². The maximum absolute atomic E-state index is 9.71. The van der Waals surface area contributed by atoms with Crippen LogP contribution in [0.5, 0.6) is 5.75 Å². The van der Waals surface area contributed by atoms with E-state index in [-0.39, 0.29) is 0 Å². The monoisotopic (exact) mass is 409 g/mol. The first-order valence-corrected chi connectivity index (χ1v) is 10.5. The molecule has 0 unspecified atom stereocenters. The predicted molar refractivity (Wildman–Crippen MR) is 114 cm³/mol. The molecule has 1 aliphatic carbocycles. The van der Waals surface area contributed by atoms with Gasteiger partial charge in [0.2, 0.25) is 0 Å². The van der Waals surface area contributed by atoms with Gasteiger partial charge in [-0.15, -0.1) is 11.3 Å². The Balaban J connectivity index is 1.69. The zero-order valence-electron chi connectivity index (χ0n) is 15.6. The summed E-state index contributed by atoms with van der Waals surface area (Å²) < 4.78 is 5.92. The molecule has 2 N–H and O–H groups in total. The van der Waals surface area contributed by atoms with Crippen LogP contribution in [0.4, 0.5) is 5.82 Å². The first-order valence-electron chi connectivity index (χ1n) is 9.26. The molecule has 0 atom stereocenters. The predicted octanol–water partition coefficient (Wildman–Crippen LogP) is 5.68. The molecule has 0 bridgehead atoms. The Morgan fingerprint density at radius 2 is 2.00 bits per heavy atom. The van der Waals surface area contributed by atoms with Gasteiger partial charge in [-0.05, 0) is 68.5 Å². The van der Waals surface area contributed by atoms with E-state index in [0.717, 1.165) is 53.1 Å². The molecular weight excluding hydrogens is 390 g/mol. The van der Waals surface area contributed by atoms with Gasteiger partial charge in [-0.25, -0.2) is 4.98 Å². The van der Waals surface area contributed by atoms with E-state index in [1.54, 1.807) is 11.3 Å². The molecule has 0 radical (unpaired) electrons. The van der Waals surface area contributed by atoms with Crippen LogP contribution in [0.25, 0.3) is 10.4 Å². The van der Waals surface area contributed by atoms with E-state index >= 15 is 0 Å². The number of hydrogen-bond donors (Lipinski definition) is 1. The number of nitrogen functional groups attached to an aromatic ring is 1. The van der Waals surface area contributed by atoms with Crippen molar-refractivity contribution in [2.75, 3.05) is 5.73 Å². The van der Waals surface area contributed by atoms with Crippen LogP contribution in [-0.4, -0.2) is 4.98 Å². The van der Waals surface area contributed by atoms with Gasteiger partial charge in [0.25, 0.3) is 0 Å². The summed E-state index contributed by atoms with van der Waals surface area (Å²) in [6.45, 7) is 2.55. The molecule has 4 rings (SSSR count). The number of anilines is 1. The van der Waals surface area contributed by atoms with Crippen LogP contribution in [-0.2, 0) is 19.4 Å². The smallest absolute Gasteiger partial charge is 0.142 e. The first kappa shape index (κ1) is 18.8. The van der Waals surface area contributed by atoms with Crippen molar-refractivity contribution >= 4 is 28.8 Å². The van der Waals surface area contributed by atoms with Gasteiger partial charge in [0.1, 0.15) is 29.8 Å². The molecule has 0 saturated heterocycles. The van der Waals surface area contributed by atoms with E-state index in [1.807, 2.05) is 24.3 Å². The van der Waals surface area contributed by atoms with Crippen molar-refractivity contribution < 1.29 is 4.74 Å². The van der Waals surface area contributed by atoms with Gasteiger partial charge in [0.15, 0.2) is 0 Å². The second-order valence-corrected chi connectivity index (χ2v) is 8.62. The van der Waals surface area contributed by atoms with Crippen LogP contribution < -0.4 is 10.5 Å². The van der Waals surface area contributed by atoms with Crippen LogP contribution in [0.15, 0.2) is 30.3 Å². The molecule has 0 fully saturated rings. The quantitative estimate of drug-likeness (QED) is 0.601. The number of nitrogens with two attached hydrogens (primary N) is 1. The average molecular weight is 410 g/mol. The van der Waals surface area contributed by atoms with Crippen molar-refractivity contribution in [1.29, 1.82) is 5.26 Å². The standard InChI is InChI=1S/C22H20ClN3OS/c1-13-14(12-27-16-8-6-15(23)7-9-16)10-20(28-13)21-17-4-2-3-5-19(17)26-22(25)18(21)11-24/h6-10H,2-5,12H2,1H3,(H2,25,26). The lowest BCUT2D eigenvalue weighted by Crippen LogP contribution is -2.11. The Kier molecular flexibility index (Phi) is 5.25. The fourth-order valence-corrected chi connectivity index (χ4v) is 4.86. The number of hydrogen-bond acceptors (Lipinski definition) is 5. The highest BCUT2D eigenvalue weighted by molar-refractivity contribution is 7.15. The number of thiophene rings is 1. The number of fused-ring (bicyclic) bond motifs is 1. The van der Waals surface area contributed by atoms with Crippen molar-refractivity contribution in [2.45, 2.75) is 39.2 Å². The lowest BCUT2D eigenvalue weighted by molar-refractivity contribution is 0.306. The normalized spacial score (nSPS) is 13.0. The minimum Gasteiger partial charge on any atom is -0.489 e. The summed E-state index contributed by atoms with van der Waals surface area (Å²) in [7, 11) is 0. The summed E-state index contributed by atoms with van der Waals surface area (Å²) in [5, 5.41) is 10.4. The number of ether oxygens (including phenoxy) is 1. The largest absolute Gasteiger partial charge is 0.489 e. The summed E-state index contributed by atoms with van der Waals surface area (Å²) in [5.74, 6) is 1.11. The Morgan fingerprint density at radius 3 is 2.75 bits per heavy atom. The Labute approximate surface area is 173 Å². The molecule has 4 nitrogen and oxygen atoms in total. The number of aryl methyl sites for hydroxylation is 2. The van der Waals surface area contributed by atoms with E-state index in [1.165, 1.54) is 10.4 Å². The maximum Gasteiger partial charge on any atom is 0.142 e. The number of pyridine rings is 1. The van der Waals surface area contributed by atoms with E-state index in [2.05, 4.69) is 24.0 Å². The Bertz CT molecular complexity index is 1070. The molecule has 3 aromatic rings. The number of benzene rings is 1. The summed E-state index contributed by atoms with van der Waals surface area (Å²) in [6.07, 6.45) is 4.11. The fourth-order valence-electron chi connectivity index (χ4n) is 3.63. The number of nitriles is 1. The highest BCUT2D eigenvalue weighted by Gasteiger charge is 2.23. The number of halogens is 1. The number of rotatable bonds is 4. The topological polar surface area (TPSA) is 71.9 Å². The third-order valence-electron chi connectivity index (χ3n) is 5.09. The van der Waals surface area contributed by atoms with Gasteiger partial charge in [0.05, 0.1) is 0 Å². The van der Waals surface area contributed by atoms with Gasteiger partial charge in [-0.2, -0.15) is 5.26 Å². The third kappa shape index (κ3) is 3.58. The van der Waals surface area contributed by atoms with Gasteiger partial charge in [-0.1, -0.05) is 11.6 Å². The van der Waals surface area contributed by atoms with Crippen LogP contribution >= 0.6 is 22.9 Å². The molecule has 0 amide bonds. The molecule has 1 aromatic carbocycles. The number of nitrogens with zero attached hydrogens (tertiary/aromatic N) is 2. The molecule has 2 heterocycles. The lowest BCUT2D eigenvalue weighted by Gasteiger charge is -2.20. The van der Waals surface area contributed by atoms with Crippen LogP contribution in [0.3, 0.4) is 0 Å². The fraction of sp³-hybridized carbons (Fsp3) is 0.273. The van der Waals surface area contributed by atoms with E-state index in [9.17, 15) is 5.26 Å². The van der Waals surface area contributed by atoms with E-state index in [4.69, 9.17) is 22.1 Å². The zero-order valence-corrected chi connectivity index (χ0v) is 17.2. The van der Waals surface area contributed by atoms with Gasteiger partial charge >= 0.3 is 0 Å². The molecule has 1 aliphatic rings. The van der Waals surface area contributed by atoms with Crippen LogP contribution in [0.1, 0.15) is 40.1 Å². The minimum absolute atomic E-state index is 0.336. The Morgan fingerprint density at radius 1 is 1.25 bits per heavy atom. The highest BCUT2D eigenvalue weighted by Crippen LogP contribution is 2.40. The highest BCUT2D eigenvalue weighted by atomic mass is 35.5. The molecule has 0 spiro atoms. The molecule has 0 aliphatic heterocycles. The minimum atomic E-state index is 0.336. The van der Waals surface area contributed by atoms with Gasteiger partial charge < -0.3 is 10.5 Å². The van der Waals surface area contributed by atoms with Crippen LogP contribution in [0.2, 0.25) is 5.02 Å². The first-order chi connectivity index (χ1) is 13.6. The van der Waals surface area contributed by atoms with Gasteiger partial charge in [0, 0.05) is 31.6 Å². The molecule has 0 saturated carbocycles. The van der Waals surface area contributed by atoms with E-state index in [0.29, 0.717) is 23.0 Å². The Hall–Kier alpha value is -2.55. The second-order valence-electron chi connectivity index (χ2n) is 6.93. The van der Waals surface area contributed by atoms with Crippen LogP contribution in [0, 0.1) is 18.3 Å². The lowest BCUT2D eigenvalue weighted by atomic mass is 9.89. The SMILES string of the molecule is Cc1sc(-c2c(C#N)c(N)nc3c2CCCC3)cc1COc1ccc(Cl)cc1. The summed E-state index contributed by atoms with van der Waals surface area (Å²) >= 11 is 7.61. The summed E-state index contributed by atoms with van der Waals surface area (Å²) in [5.41, 5.74) is 10.9. The maximum atomic E-state index is 9.71. The van der Waals surface area contributed by atoms with Crippen molar-refractivity contribution in [3.8, 4) is 22.3 Å². The average Bonchev–Trinajstić information content (AvgIpc) is 3.06. The molecule has 28 heavy (non-hydrogen) atoms. The zero-order chi connectivity index (χ0) is 19.7. The van der Waals surface area contributed by atoms with Crippen molar-refractivity contribution in [3.05, 3.63) is 62.6 Å². The number of aromatic nitrogens is 1. The summed E-state index contributed by atoms with van der Waals surface area (Å²) in [6, 6.07) is 11.8. The third-order valence-corrected chi connectivity index (χ3v) is 6.45. The summed E-state index contributed by atoms with van der Waals surface area (Å²) in [4.78, 5) is 6.75. The second kappa shape index (κ2) is 7.83.